The van der Waals surface area contributed by atoms with Crippen LogP contribution in [0.4, 0.5) is 10.7 Å². The third-order valence-electron chi connectivity index (χ3n) is 7.19. The quantitative estimate of drug-likeness (QED) is 0.284. The number of hydrogen-bond acceptors (Lipinski definition) is 4. The molecule has 1 heterocycles. The number of anilines is 1. The van der Waals surface area contributed by atoms with Crippen LogP contribution in [0.25, 0.3) is 10.8 Å². The zero-order valence-electron chi connectivity index (χ0n) is 21.3. The molecule has 1 atom stereocenters. The van der Waals surface area contributed by atoms with Gasteiger partial charge in [0.2, 0.25) is 0 Å². The van der Waals surface area contributed by atoms with Gasteiger partial charge in [0.15, 0.2) is 0 Å². The number of methoxy groups -OCH3 is 1. The Kier molecular flexibility index (Phi) is 6.67. The number of carbonyl (C=O) groups is 1. The number of fused-ring (bicyclic) bond motifs is 2. The standard InChI is InChI=1S/C31H32N2O2S/c1-31(2,3)21-15-16-24-27(18-21)36-30(28(24)29(34)33-22-11-6-5-7-12-22)32-19-25-23-13-9-8-10-20(23)14-17-26(25)35-4/h5-14,17,19,21H,15-16,18H2,1-4H3,(H,33,34)/t21-/m1/s1. The Labute approximate surface area is 217 Å². The molecule has 4 aromatic rings. The first-order chi connectivity index (χ1) is 17.3. The zero-order chi connectivity index (χ0) is 25.3. The first-order valence-electron chi connectivity index (χ1n) is 12.5. The van der Waals surface area contributed by atoms with Crippen LogP contribution < -0.4 is 10.1 Å². The molecule has 184 valence electrons. The second-order valence-corrected chi connectivity index (χ2v) is 11.6. The number of amides is 1. The maximum absolute atomic E-state index is 13.6. The average Bonchev–Trinajstić information content (AvgIpc) is 3.25. The molecular formula is C31H32N2O2S. The fraction of sp³-hybridized carbons (Fsp3) is 0.290. The van der Waals surface area contributed by atoms with Gasteiger partial charge in [-0.05, 0) is 65.1 Å². The van der Waals surface area contributed by atoms with E-state index in [9.17, 15) is 4.79 Å². The lowest BCUT2D eigenvalue weighted by molar-refractivity contribution is 0.102. The van der Waals surface area contributed by atoms with Gasteiger partial charge in [-0.25, -0.2) is 4.99 Å². The third kappa shape index (κ3) is 4.80. The van der Waals surface area contributed by atoms with Gasteiger partial charge in [-0.2, -0.15) is 0 Å². The minimum absolute atomic E-state index is 0.0926. The fourth-order valence-corrected chi connectivity index (χ4v) is 6.33. The predicted octanol–water partition coefficient (Wildman–Crippen LogP) is 8.06. The van der Waals surface area contributed by atoms with Crippen LogP contribution in [0.1, 0.15) is 53.6 Å². The number of rotatable bonds is 5. The summed E-state index contributed by atoms with van der Waals surface area (Å²) in [6.07, 6.45) is 4.83. The van der Waals surface area contributed by atoms with E-state index < -0.39 is 0 Å². The highest BCUT2D eigenvalue weighted by Gasteiger charge is 2.33. The monoisotopic (exact) mass is 496 g/mol. The van der Waals surface area contributed by atoms with Gasteiger partial charge in [-0.3, -0.25) is 4.79 Å². The number of carbonyl (C=O) groups excluding carboxylic acids is 1. The first-order valence-corrected chi connectivity index (χ1v) is 13.3. The molecule has 0 radical (unpaired) electrons. The molecular weight excluding hydrogens is 464 g/mol. The molecule has 36 heavy (non-hydrogen) atoms. The summed E-state index contributed by atoms with van der Waals surface area (Å²) in [5, 5.41) is 6.06. The molecule has 0 spiro atoms. The largest absolute Gasteiger partial charge is 0.496 e. The molecule has 0 saturated heterocycles. The van der Waals surface area contributed by atoms with E-state index in [-0.39, 0.29) is 11.3 Å². The number of ether oxygens (including phenoxy) is 1. The topological polar surface area (TPSA) is 50.7 Å². The lowest BCUT2D eigenvalue weighted by atomic mass is 9.72. The Morgan fingerprint density at radius 2 is 1.81 bits per heavy atom. The van der Waals surface area contributed by atoms with Gasteiger partial charge < -0.3 is 10.1 Å². The van der Waals surface area contributed by atoms with Gasteiger partial charge in [-0.1, -0.05) is 69.3 Å². The summed E-state index contributed by atoms with van der Waals surface area (Å²) in [7, 11) is 1.68. The Morgan fingerprint density at radius 1 is 1.06 bits per heavy atom. The van der Waals surface area contributed by atoms with Crippen molar-refractivity contribution in [2.75, 3.05) is 12.4 Å². The lowest BCUT2D eigenvalue weighted by Gasteiger charge is -2.33. The molecule has 1 amide bonds. The molecule has 1 N–H and O–H groups in total. The van der Waals surface area contributed by atoms with Gasteiger partial charge in [0.25, 0.3) is 5.91 Å². The SMILES string of the molecule is COc1ccc2ccccc2c1C=Nc1sc2c(c1C(=O)Nc1ccccc1)CC[C@@H](C(C)(C)C)C2. The van der Waals surface area contributed by atoms with E-state index in [1.807, 2.05) is 54.7 Å². The van der Waals surface area contributed by atoms with Crippen molar-refractivity contribution in [2.45, 2.75) is 40.0 Å². The van der Waals surface area contributed by atoms with Gasteiger partial charge in [0, 0.05) is 22.3 Å². The molecule has 4 nitrogen and oxygen atoms in total. The van der Waals surface area contributed by atoms with Crippen LogP contribution in [0.2, 0.25) is 0 Å². The number of hydrogen-bond donors (Lipinski definition) is 1. The summed E-state index contributed by atoms with van der Waals surface area (Å²) in [5.74, 6) is 1.26. The minimum Gasteiger partial charge on any atom is -0.496 e. The van der Waals surface area contributed by atoms with E-state index in [1.54, 1.807) is 18.4 Å². The molecule has 0 saturated carbocycles. The van der Waals surface area contributed by atoms with Crippen LogP contribution in [0, 0.1) is 11.3 Å². The summed E-state index contributed by atoms with van der Waals surface area (Å²) in [6, 6.07) is 21.9. The van der Waals surface area contributed by atoms with Gasteiger partial charge >= 0.3 is 0 Å². The van der Waals surface area contributed by atoms with E-state index in [2.05, 4.69) is 44.3 Å². The van der Waals surface area contributed by atoms with Crippen molar-refractivity contribution in [1.29, 1.82) is 0 Å². The highest BCUT2D eigenvalue weighted by Crippen LogP contribution is 2.45. The molecule has 0 bridgehead atoms. The molecule has 5 rings (SSSR count). The van der Waals surface area contributed by atoms with Crippen LogP contribution in [0.5, 0.6) is 5.75 Å². The number of nitrogens with zero attached hydrogens (tertiary/aromatic N) is 1. The number of aliphatic imine (C=N–C) groups is 1. The van der Waals surface area contributed by atoms with Crippen molar-refractivity contribution in [1.82, 2.24) is 0 Å². The zero-order valence-corrected chi connectivity index (χ0v) is 22.1. The second-order valence-electron chi connectivity index (χ2n) is 10.5. The smallest absolute Gasteiger partial charge is 0.259 e. The predicted molar refractivity (Wildman–Crippen MR) is 151 cm³/mol. The van der Waals surface area contributed by atoms with Gasteiger partial charge in [-0.15, -0.1) is 11.3 Å². The fourth-order valence-electron chi connectivity index (χ4n) is 5.06. The summed E-state index contributed by atoms with van der Waals surface area (Å²) < 4.78 is 5.66. The van der Waals surface area contributed by atoms with E-state index in [0.717, 1.165) is 57.6 Å². The molecule has 0 aliphatic heterocycles. The Bertz CT molecular complexity index is 1430. The van der Waals surface area contributed by atoms with Crippen molar-refractivity contribution in [3.63, 3.8) is 0 Å². The molecule has 1 aromatic heterocycles. The minimum atomic E-state index is -0.0926. The van der Waals surface area contributed by atoms with E-state index >= 15 is 0 Å². The second kappa shape index (κ2) is 9.90. The van der Waals surface area contributed by atoms with Crippen LogP contribution in [0.3, 0.4) is 0 Å². The van der Waals surface area contributed by atoms with E-state index in [0.29, 0.717) is 11.5 Å². The summed E-state index contributed by atoms with van der Waals surface area (Å²) in [4.78, 5) is 19.8. The highest BCUT2D eigenvalue weighted by atomic mass is 32.1. The van der Waals surface area contributed by atoms with Gasteiger partial charge in [0.1, 0.15) is 10.8 Å². The number of nitrogens with one attached hydrogen (secondary N) is 1. The van der Waals surface area contributed by atoms with Crippen LogP contribution in [-0.2, 0) is 12.8 Å². The Morgan fingerprint density at radius 3 is 2.56 bits per heavy atom. The molecule has 1 aliphatic rings. The summed E-state index contributed by atoms with van der Waals surface area (Å²) in [5.41, 5.74) is 3.81. The van der Waals surface area contributed by atoms with Crippen molar-refractivity contribution in [2.24, 2.45) is 16.3 Å². The first kappa shape index (κ1) is 24.3. The maximum Gasteiger partial charge on any atom is 0.259 e. The van der Waals surface area contributed by atoms with E-state index in [1.165, 1.54) is 4.88 Å². The molecule has 0 unspecified atom stereocenters. The molecule has 1 aliphatic carbocycles. The molecule has 3 aromatic carbocycles. The normalized spacial score (nSPS) is 15.7. The summed E-state index contributed by atoms with van der Waals surface area (Å²) >= 11 is 1.66. The van der Waals surface area contributed by atoms with Crippen molar-refractivity contribution >= 4 is 44.9 Å². The Balaban J connectivity index is 1.58. The van der Waals surface area contributed by atoms with Crippen molar-refractivity contribution in [3.8, 4) is 5.75 Å². The molecule has 5 heteroatoms. The van der Waals surface area contributed by atoms with Crippen LogP contribution >= 0.6 is 11.3 Å². The molecule has 0 fully saturated rings. The Hall–Kier alpha value is -3.44. The number of benzene rings is 3. The van der Waals surface area contributed by atoms with Crippen molar-refractivity contribution in [3.05, 3.63) is 88.3 Å². The summed E-state index contributed by atoms with van der Waals surface area (Å²) in [6.45, 7) is 6.93. The maximum atomic E-state index is 13.6. The van der Waals surface area contributed by atoms with Crippen LogP contribution in [0.15, 0.2) is 71.7 Å². The average molecular weight is 497 g/mol. The van der Waals surface area contributed by atoms with Gasteiger partial charge in [0.05, 0.1) is 12.7 Å². The van der Waals surface area contributed by atoms with Crippen molar-refractivity contribution < 1.29 is 9.53 Å². The van der Waals surface area contributed by atoms with E-state index in [4.69, 9.17) is 9.73 Å². The highest BCUT2D eigenvalue weighted by molar-refractivity contribution is 7.16. The number of para-hydroxylation sites is 1. The third-order valence-corrected chi connectivity index (χ3v) is 8.35. The lowest BCUT2D eigenvalue weighted by Crippen LogP contribution is -2.27. The van der Waals surface area contributed by atoms with Crippen LogP contribution in [-0.4, -0.2) is 19.2 Å². The number of thiophene rings is 1.